The molecule has 1 amide bonds. The number of aryl methyl sites for hydroxylation is 2. The molecule has 0 aromatic carbocycles. The Morgan fingerprint density at radius 1 is 1.50 bits per heavy atom. The SMILES string of the molecule is Cc1ccnc(Cl)c1NC(=O)C1CCCc2sccc21. The Hall–Kier alpha value is -1.39. The Kier molecular flexibility index (Phi) is 3.76. The number of nitrogens with zero attached hydrogens (tertiary/aromatic N) is 1. The first kappa shape index (κ1) is 13.6. The molecule has 0 radical (unpaired) electrons. The number of carbonyl (C=O) groups is 1. The summed E-state index contributed by atoms with van der Waals surface area (Å²) in [6.45, 7) is 1.92. The third-order valence-electron chi connectivity index (χ3n) is 3.73. The topological polar surface area (TPSA) is 42.0 Å². The maximum atomic E-state index is 12.5. The summed E-state index contributed by atoms with van der Waals surface area (Å²) >= 11 is 7.81. The van der Waals surface area contributed by atoms with Crippen LogP contribution in [0.5, 0.6) is 0 Å². The van der Waals surface area contributed by atoms with Gasteiger partial charge < -0.3 is 5.32 Å². The van der Waals surface area contributed by atoms with Crippen LogP contribution in [0.4, 0.5) is 5.69 Å². The van der Waals surface area contributed by atoms with Gasteiger partial charge in [-0.25, -0.2) is 4.98 Å². The van der Waals surface area contributed by atoms with Crippen molar-refractivity contribution >= 4 is 34.5 Å². The summed E-state index contributed by atoms with van der Waals surface area (Å²) in [5, 5.41) is 5.37. The summed E-state index contributed by atoms with van der Waals surface area (Å²) < 4.78 is 0. The zero-order valence-corrected chi connectivity index (χ0v) is 12.7. The molecule has 0 saturated carbocycles. The second kappa shape index (κ2) is 5.54. The van der Waals surface area contributed by atoms with Crippen LogP contribution in [0.2, 0.25) is 5.15 Å². The summed E-state index contributed by atoms with van der Waals surface area (Å²) in [6.07, 6.45) is 4.69. The molecule has 0 saturated heterocycles. The number of halogens is 1. The van der Waals surface area contributed by atoms with Crippen LogP contribution in [-0.2, 0) is 11.2 Å². The first-order valence-electron chi connectivity index (χ1n) is 6.65. The first-order valence-corrected chi connectivity index (χ1v) is 7.91. The lowest BCUT2D eigenvalue weighted by Gasteiger charge is -2.22. The smallest absolute Gasteiger partial charge is 0.232 e. The van der Waals surface area contributed by atoms with Gasteiger partial charge in [0.15, 0.2) is 5.15 Å². The molecule has 0 bridgehead atoms. The van der Waals surface area contributed by atoms with Crippen molar-refractivity contribution in [1.29, 1.82) is 0 Å². The van der Waals surface area contributed by atoms with E-state index in [1.54, 1.807) is 17.5 Å². The van der Waals surface area contributed by atoms with E-state index in [1.165, 1.54) is 10.4 Å². The number of hydrogen-bond acceptors (Lipinski definition) is 3. The van der Waals surface area contributed by atoms with Crippen LogP contribution < -0.4 is 5.32 Å². The molecule has 2 aromatic heterocycles. The van der Waals surface area contributed by atoms with E-state index in [4.69, 9.17) is 11.6 Å². The molecular weight excluding hydrogens is 292 g/mol. The van der Waals surface area contributed by atoms with Gasteiger partial charge in [-0.1, -0.05) is 11.6 Å². The van der Waals surface area contributed by atoms with Gasteiger partial charge in [0, 0.05) is 11.1 Å². The minimum atomic E-state index is -0.0688. The van der Waals surface area contributed by atoms with Crippen LogP contribution in [0.1, 0.15) is 34.8 Å². The molecular formula is C15H15ClN2OS. The number of fused-ring (bicyclic) bond motifs is 1. The summed E-state index contributed by atoms with van der Waals surface area (Å²) in [6, 6.07) is 3.92. The van der Waals surface area contributed by atoms with Crippen molar-refractivity contribution in [1.82, 2.24) is 4.98 Å². The van der Waals surface area contributed by atoms with E-state index in [-0.39, 0.29) is 11.8 Å². The summed E-state index contributed by atoms with van der Waals surface area (Å²) in [4.78, 5) is 17.9. The van der Waals surface area contributed by atoms with Crippen LogP contribution in [0, 0.1) is 6.92 Å². The molecule has 0 aliphatic heterocycles. The molecule has 1 N–H and O–H groups in total. The standard InChI is InChI=1S/C15H15ClN2OS/c1-9-5-7-17-14(16)13(9)18-15(19)11-3-2-4-12-10(11)6-8-20-12/h5-8,11H,2-4H2,1H3,(H,18,19). The monoisotopic (exact) mass is 306 g/mol. The molecule has 3 rings (SSSR count). The van der Waals surface area contributed by atoms with Gasteiger partial charge in [-0.05, 0) is 54.8 Å². The van der Waals surface area contributed by atoms with Crippen molar-refractivity contribution in [2.45, 2.75) is 32.1 Å². The van der Waals surface area contributed by atoms with Crippen LogP contribution in [0.25, 0.3) is 0 Å². The molecule has 0 spiro atoms. The second-order valence-corrected chi connectivity index (χ2v) is 6.39. The minimum Gasteiger partial charge on any atom is -0.323 e. The fourth-order valence-corrected chi connectivity index (χ4v) is 3.88. The van der Waals surface area contributed by atoms with Crippen LogP contribution >= 0.6 is 22.9 Å². The van der Waals surface area contributed by atoms with Crippen molar-refractivity contribution in [2.75, 3.05) is 5.32 Å². The summed E-state index contributed by atoms with van der Waals surface area (Å²) in [5.74, 6) is -0.0528. The zero-order chi connectivity index (χ0) is 14.1. The molecule has 5 heteroatoms. The highest BCUT2D eigenvalue weighted by atomic mass is 35.5. The summed E-state index contributed by atoms with van der Waals surface area (Å²) in [5.41, 5.74) is 2.73. The van der Waals surface area contributed by atoms with E-state index in [1.807, 2.05) is 13.0 Å². The van der Waals surface area contributed by atoms with Crippen LogP contribution in [0.15, 0.2) is 23.7 Å². The molecule has 20 heavy (non-hydrogen) atoms. The number of carbonyl (C=O) groups excluding carboxylic acids is 1. The number of nitrogens with one attached hydrogen (secondary N) is 1. The molecule has 2 aromatic rings. The predicted octanol–water partition coefficient (Wildman–Crippen LogP) is 4.16. The number of aromatic nitrogens is 1. The van der Waals surface area contributed by atoms with Crippen molar-refractivity contribution in [2.24, 2.45) is 0 Å². The van der Waals surface area contributed by atoms with Gasteiger partial charge in [0.25, 0.3) is 0 Å². The van der Waals surface area contributed by atoms with Gasteiger partial charge in [0.05, 0.1) is 11.6 Å². The number of pyridine rings is 1. The van der Waals surface area contributed by atoms with Gasteiger partial charge in [-0.15, -0.1) is 11.3 Å². The fraction of sp³-hybridized carbons (Fsp3) is 0.333. The second-order valence-electron chi connectivity index (χ2n) is 5.03. The van der Waals surface area contributed by atoms with E-state index in [0.717, 1.165) is 24.8 Å². The number of amides is 1. The van der Waals surface area contributed by atoms with Gasteiger partial charge >= 0.3 is 0 Å². The maximum Gasteiger partial charge on any atom is 0.232 e. The van der Waals surface area contributed by atoms with Crippen LogP contribution in [-0.4, -0.2) is 10.9 Å². The lowest BCUT2D eigenvalue weighted by Crippen LogP contribution is -2.24. The Labute approximate surface area is 127 Å². The van der Waals surface area contributed by atoms with Crippen molar-refractivity contribution in [3.63, 3.8) is 0 Å². The van der Waals surface area contributed by atoms with E-state index in [2.05, 4.69) is 21.7 Å². The minimum absolute atomic E-state index is 0.0161. The molecule has 104 valence electrons. The Bertz CT molecular complexity index is 633. The van der Waals surface area contributed by atoms with Crippen molar-refractivity contribution < 1.29 is 4.79 Å². The molecule has 1 aliphatic rings. The zero-order valence-electron chi connectivity index (χ0n) is 11.1. The van der Waals surface area contributed by atoms with E-state index in [9.17, 15) is 4.79 Å². The Morgan fingerprint density at radius 2 is 2.35 bits per heavy atom. The number of rotatable bonds is 2. The van der Waals surface area contributed by atoms with E-state index < -0.39 is 0 Å². The quantitative estimate of drug-likeness (QED) is 0.846. The lowest BCUT2D eigenvalue weighted by atomic mass is 9.87. The lowest BCUT2D eigenvalue weighted by molar-refractivity contribution is -0.117. The number of thiophene rings is 1. The highest BCUT2D eigenvalue weighted by Crippen LogP contribution is 2.36. The molecule has 0 fully saturated rings. The van der Waals surface area contributed by atoms with Crippen molar-refractivity contribution in [3.8, 4) is 0 Å². The third kappa shape index (κ3) is 2.45. The first-order chi connectivity index (χ1) is 9.66. The number of hydrogen-bond donors (Lipinski definition) is 1. The van der Waals surface area contributed by atoms with Gasteiger partial charge in [-0.2, -0.15) is 0 Å². The molecule has 1 aliphatic carbocycles. The molecule has 1 atom stereocenters. The third-order valence-corrected chi connectivity index (χ3v) is 5.01. The Morgan fingerprint density at radius 3 is 3.15 bits per heavy atom. The molecule has 3 nitrogen and oxygen atoms in total. The molecule has 2 heterocycles. The Balaban J connectivity index is 1.85. The normalized spacial score (nSPS) is 17.6. The highest BCUT2D eigenvalue weighted by Gasteiger charge is 2.28. The molecule has 1 unspecified atom stereocenters. The predicted molar refractivity (Wildman–Crippen MR) is 82.6 cm³/mol. The average molecular weight is 307 g/mol. The summed E-state index contributed by atoms with van der Waals surface area (Å²) in [7, 11) is 0. The fourth-order valence-electron chi connectivity index (χ4n) is 2.64. The van der Waals surface area contributed by atoms with Gasteiger partial charge in [0.2, 0.25) is 5.91 Å². The average Bonchev–Trinajstić information content (AvgIpc) is 2.91. The van der Waals surface area contributed by atoms with E-state index in [0.29, 0.717) is 10.8 Å². The van der Waals surface area contributed by atoms with Gasteiger partial charge in [-0.3, -0.25) is 4.79 Å². The van der Waals surface area contributed by atoms with Crippen LogP contribution in [0.3, 0.4) is 0 Å². The number of anilines is 1. The van der Waals surface area contributed by atoms with Gasteiger partial charge in [0.1, 0.15) is 0 Å². The largest absolute Gasteiger partial charge is 0.323 e. The van der Waals surface area contributed by atoms with E-state index >= 15 is 0 Å². The highest BCUT2D eigenvalue weighted by molar-refractivity contribution is 7.10. The maximum absolute atomic E-state index is 12.5. The van der Waals surface area contributed by atoms with Crippen molar-refractivity contribution in [3.05, 3.63) is 44.9 Å².